The van der Waals surface area contributed by atoms with E-state index >= 15 is 0 Å². The molecule has 0 saturated heterocycles. The number of nitrogens with zero attached hydrogens (tertiary/aromatic N) is 1. The first kappa shape index (κ1) is 15.2. The third-order valence-electron chi connectivity index (χ3n) is 3.06. The summed E-state index contributed by atoms with van der Waals surface area (Å²) in [4.78, 5) is 0.253. The van der Waals surface area contributed by atoms with Gasteiger partial charge >= 0.3 is 0 Å². The molecule has 0 atom stereocenters. The molecule has 0 aliphatic carbocycles. The van der Waals surface area contributed by atoms with Crippen molar-refractivity contribution < 1.29 is 8.42 Å². The summed E-state index contributed by atoms with van der Waals surface area (Å²) in [5.74, 6) is 0.0335. The second-order valence-electron chi connectivity index (χ2n) is 4.62. The standard InChI is InChI=1S/C16H16N2O2S/c17-12-14-6-8-16(9-7-14)21(19,20)11-10-18-13-15-4-2-1-3-5-15/h1-9,18H,10-11,13H2. The molecule has 0 amide bonds. The van der Waals surface area contributed by atoms with Gasteiger partial charge in [-0.25, -0.2) is 8.42 Å². The molecule has 2 aromatic rings. The molecule has 2 rings (SSSR count). The Morgan fingerprint density at radius 2 is 1.67 bits per heavy atom. The first-order valence-corrected chi connectivity index (χ1v) is 8.24. The van der Waals surface area contributed by atoms with Gasteiger partial charge in [0.05, 0.1) is 22.3 Å². The van der Waals surface area contributed by atoms with Crippen molar-refractivity contribution in [2.24, 2.45) is 0 Å². The van der Waals surface area contributed by atoms with Gasteiger partial charge in [0.25, 0.3) is 0 Å². The van der Waals surface area contributed by atoms with Crippen LogP contribution in [-0.4, -0.2) is 20.7 Å². The third-order valence-corrected chi connectivity index (χ3v) is 4.79. The van der Waals surface area contributed by atoms with Crippen molar-refractivity contribution >= 4 is 9.84 Å². The van der Waals surface area contributed by atoms with Crippen molar-refractivity contribution in [2.75, 3.05) is 12.3 Å². The minimum absolute atomic E-state index is 0.0335. The highest BCUT2D eigenvalue weighted by Crippen LogP contribution is 2.11. The monoisotopic (exact) mass is 300 g/mol. The summed E-state index contributed by atoms with van der Waals surface area (Å²) in [6.45, 7) is 1.03. The van der Waals surface area contributed by atoms with E-state index in [4.69, 9.17) is 5.26 Å². The van der Waals surface area contributed by atoms with Gasteiger partial charge in [0, 0.05) is 13.1 Å². The van der Waals surface area contributed by atoms with Gasteiger partial charge in [0.15, 0.2) is 9.84 Å². The summed E-state index contributed by atoms with van der Waals surface area (Å²) < 4.78 is 24.2. The van der Waals surface area contributed by atoms with Gasteiger partial charge in [0.2, 0.25) is 0 Å². The zero-order chi connectivity index (χ0) is 15.1. The summed E-state index contributed by atoms with van der Waals surface area (Å²) in [5.41, 5.74) is 1.57. The molecular weight excluding hydrogens is 284 g/mol. The second-order valence-corrected chi connectivity index (χ2v) is 6.73. The molecule has 0 aliphatic heterocycles. The average Bonchev–Trinajstić information content (AvgIpc) is 2.53. The van der Waals surface area contributed by atoms with Crippen LogP contribution in [0, 0.1) is 11.3 Å². The molecule has 108 valence electrons. The van der Waals surface area contributed by atoms with E-state index < -0.39 is 9.84 Å². The Kier molecular flexibility index (Phi) is 5.09. The van der Waals surface area contributed by atoms with Crippen molar-refractivity contribution in [3.8, 4) is 6.07 Å². The fraction of sp³-hybridized carbons (Fsp3) is 0.188. The average molecular weight is 300 g/mol. The van der Waals surface area contributed by atoms with E-state index in [1.54, 1.807) is 0 Å². The van der Waals surface area contributed by atoms with Crippen molar-refractivity contribution in [1.82, 2.24) is 5.32 Å². The van der Waals surface area contributed by atoms with Gasteiger partial charge in [-0.2, -0.15) is 5.26 Å². The molecule has 0 bridgehead atoms. The molecule has 0 spiro atoms. The molecule has 0 unspecified atom stereocenters. The topological polar surface area (TPSA) is 70.0 Å². The van der Waals surface area contributed by atoms with E-state index in [0.29, 0.717) is 18.7 Å². The van der Waals surface area contributed by atoms with Gasteiger partial charge in [-0.1, -0.05) is 30.3 Å². The van der Waals surface area contributed by atoms with Crippen LogP contribution in [0.2, 0.25) is 0 Å². The van der Waals surface area contributed by atoms with Crippen LogP contribution in [0.1, 0.15) is 11.1 Å². The van der Waals surface area contributed by atoms with Gasteiger partial charge in [-0.3, -0.25) is 0 Å². The van der Waals surface area contributed by atoms with Gasteiger partial charge in [-0.05, 0) is 29.8 Å². The minimum atomic E-state index is -3.31. The quantitative estimate of drug-likeness (QED) is 0.830. The van der Waals surface area contributed by atoms with Crippen LogP contribution < -0.4 is 5.32 Å². The van der Waals surface area contributed by atoms with E-state index in [2.05, 4.69) is 5.32 Å². The molecular formula is C16H16N2O2S. The molecule has 0 radical (unpaired) electrons. The lowest BCUT2D eigenvalue weighted by Crippen LogP contribution is -2.22. The normalized spacial score (nSPS) is 11.0. The molecule has 0 aromatic heterocycles. The largest absolute Gasteiger partial charge is 0.312 e. The smallest absolute Gasteiger partial charge is 0.179 e. The molecule has 1 N–H and O–H groups in total. The maximum absolute atomic E-state index is 12.1. The molecule has 0 heterocycles. The fourth-order valence-corrected chi connectivity index (χ4v) is 3.09. The Hall–Kier alpha value is -2.16. The van der Waals surface area contributed by atoms with Crippen molar-refractivity contribution in [3.05, 3.63) is 65.7 Å². The number of nitriles is 1. The Balaban J connectivity index is 1.88. The number of rotatable bonds is 6. The SMILES string of the molecule is N#Cc1ccc(S(=O)(=O)CCNCc2ccccc2)cc1. The van der Waals surface area contributed by atoms with E-state index in [-0.39, 0.29) is 10.6 Å². The van der Waals surface area contributed by atoms with Crippen LogP contribution in [-0.2, 0) is 16.4 Å². The Morgan fingerprint density at radius 3 is 2.29 bits per heavy atom. The lowest BCUT2D eigenvalue weighted by molar-refractivity contribution is 0.590. The Labute approximate surface area is 125 Å². The van der Waals surface area contributed by atoms with E-state index in [9.17, 15) is 8.42 Å². The number of hydrogen-bond acceptors (Lipinski definition) is 4. The minimum Gasteiger partial charge on any atom is -0.312 e. The summed E-state index contributed by atoms with van der Waals surface area (Å²) in [6, 6.07) is 17.8. The molecule has 0 aliphatic rings. The molecule has 0 fully saturated rings. The summed E-state index contributed by atoms with van der Waals surface area (Å²) in [6.07, 6.45) is 0. The van der Waals surface area contributed by atoms with Crippen molar-refractivity contribution in [1.29, 1.82) is 5.26 Å². The van der Waals surface area contributed by atoms with Gasteiger partial charge < -0.3 is 5.32 Å². The zero-order valence-electron chi connectivity index (χ0n) is 11.5. The number of sulfone groups is 1. The van der Waals surface area contributed by atoms with Crippen LogP contribution >= 0.6 is 0 Å². The van der Waals surface area contributed by atoms with Gasteiger partial charge in [0.1, 0.15) is 0 Å². The van der Waals surface area contributed by atoms with Crippen molar-refractivity contribution in [2.45, 2.75) is 11.4 Å². The fourth-order valence-electron chi connectivity index (χ4n) is 1.89. The van der Waals surface area contributed by atoms with Crippen LogP contribution in [0.3, 0.4) is 0 Å². The predicted octanol–water partition coefficient (Wildman–Crippen LogP) is 2.12. The van der Waals surface area contributed by atoms with Crippen LogP contribution in [0.25, 0.3) is 0 Å². The Morgan fingerprint density at radius 1 is 1.00 bits per heavy atom. The van der Waals surface area contributed by atoms with E-state index in [0.717, 1.165) is 5.56 Å². The van der Waals surface area contributed by atoms with E-state index in [1.165, 1.54) is 24.3 Å². The summed E-state index contributed by atoms with van der Waals surface area (Å²) in [7, 11) is -3.31. The van der Waals surface area contributed by atoms with Crippen LogP contribution in [0.4, 0.5) is 0 Å². The lowest BCUT2D eigenvalue weighted by Gasteiger charge is -2.06. The highest BCUT2D eigenvalue weighted by Gasteiger charge is 2.13. The molecule has 4 nitrogen and oxygen atoms in total. The zero-order valence-corrected chi connectivity index (χ0v) is 12.3. The number of hydrogen-bond donors (Lipinski definition) is 1. The van der Waals surface area contributed by atoms with Gasteiger partial charge in [-0.15, -0.1) is 0 Å². The highest BCUT2D eigenvalue weighted by atomic mass is 32.2. The molecule has 21 heavy (non-hydrogen) atoms. The third kappa shape index (κ3) is 4.42. The molecule has 2 aromatic carbocycles. The lowest BCUT2D eigenvalue weighted by atomic mass is 10.2. The molecule has 5 heteroatoms. The van der Waals surface area contributed by atoms with Crippen LogP contribution in [0.15, 0.2) is 59.5 Å². The highest BCUT2D eigenvalue weighted by molar-refractivity contribution is 7.91. The number of benzene rings is 2. The van der Waals surface area contributed by atoms with Crippen LogP contribution in [0.5, 0.6) is 0 Å². The number of nitrogens with one attached hydrogen (secondary N) is 1. The maximum Gasteiger partial charge on any atom is 0.179 e. The van der Waals surface area contributed by atoms with Crippen molar-refractivity contribution in [3.63, 3.8) is 0 Å². The first-order valence-electron chi connectivity index (χ1n) is 6.59. The second kappa shape index (κ2) is 7.02. The summed E-state index contributed by atoms with van der Waals surface area (Å²) in [5, 5.41) is 11.8. The van der Waals surface area contributed by atoms with E-state index in [1.807, 2.05) is 36.4 Å². The first-order chi connectivity index (χ1) is 10.1. The molecule has 0 saturated carbocycles. The predicted molar refractivity (Wildman–Crippen MR) is 81.4 cm³/mol. The maximum atomic E-state index is 12.1. The Bertz CT molecular complexity index is 717. The summed E-state index contributed by atoms with van der Waals surface area (Å²) >= 11 is 0.